The summed E-state index contributed by atoms with van der Waals surface area (Å²) < 4.78 is 5.87. The van der Waals surface area contributed by atoms with Crippen LogP contribution in [0.25, 0.3) is 0 Å². The smallest absolute Gasteiger partial charge is 0.335 e. The molecule has 130 valence electrons. The van der Waals surface area contributed by atoms with Gasteiger partial charge in [0.15, 0.2) is 0 Å². The maximum Gasteiger partial charge on any atom is 0.335 e. The van der Waals surface area contributed by atoms with Gasteiger partial charge in [0.1, 0.15) is 11.5 Å². The van der Waals surface area contributed by atoms with Crippen molar-refractivity contribution in [2.75, 3.05) is 12.3 Å². The topological polar surface area (TPSA) is 92.9 Å². The summed E-state index contributed by atoms with van der Waals surface area (Å²) in [5.74, 6) is 0.385. The quantitative estimate of drug-likeness (QED) is 0.816. The van der Waals surface area contributed by atoms with Gasteiger partial charge in [-0.05, 0) is 42.3 Å². The number of carbonyl (C=O) groups is 2. The zero-order chi connectivity index (χ0) is 18.0. The van der Waals surface area contributed by atoms with E-state index in [0.29, 0.717) is 42.6 Å². The number of benzene rings is 2. The van der Waals surface area contributed by atoms with Gasteiger partial charge in [-0.1, -0.05) is 13.0 Å². The Morgan fingerprint density at radius 2 is 2.00 bits per heavy atom. The van der Waals surface area contributed by atoms with E-state index in [1.54, 1.807) is 35.2 Å². The summed E-state index contributed by atoms with van der Waals surface area (Å²) >= 11 is 0. The van der Waals surface area contributed by atoms with Crippen molar-refractivity contribution in [3.8, 4) is 11.5 Å². The number of anilines is 1. The molecule has 6 nitrogen and oxygen atoms in total. The molecule has 1 atom stereocenters. The molecule has 6 heteroatoms. The van der Waals surface area contributed by atoms with Crippen LogP contribution in [0, 0.1) is 5.92 Å². The van der Waals surface area contributed by atoms with Gasteiger partial charge in [0.25, 0.3) is 0 Å². The van der Waals surface area contributed by atoms with Gasteiger partial charge in [0.05, 0.1) is 5.56 Å². The van der Waals surface area contributed by atoms with Crippen LogP contribution in [0.4, 0.5) is 5.69 Å². The van der Waals surface area contributed by atoms with Crippen molar-refractivity contribution < 1.29 is 19.4 Å². The first kappa shape index (κ1) is 16.8. The maximum atomic E-state index is 12.0. The molecule has 0 aliphatic carbocycles. The fourth-order valence-corrected chi connectivity index (χ4v) is 2.90. The molecule has 1 heterocycles. The predicted octanol–water partition coefficient (Wildman–Crippen LogP) is 3.13. The molecule has 1 fully saturated rings. The van der Waals surface area contributed by atoms with Crippen LogP contribution in [-0.4, -0.2) is 28.4 Å². The van der Waals surface area contributed by atoms with Crippen molar-refractivity contribution in [2.24, 2.45) is 5.92 Å². The summed E-state index contributed by atoms with van der Waals surface area (Å²) in [4.78, 5) is 25.1. The summed E-state index contributed by atoms with van der Waals surface area (Å²) in [5.41, 5.74) is 7.19. The second kappa shape index (κ2) is 6.84. The Morgan fingerprint density at radius 3 is 2.60 bits per heavy atom. The molecule has 0 spiro atoms. The van der Waals surface area contributed by atoms with Gasteiger partial charge in [0, 0.05) is 30.8 Å². The lowest BCUT2D eigenvalue weighted by Gasteiger charge is -2.19. The summed E-state index contributed by atoms with van der Waals surface area (Å²) in [5, 5.41) is 9.23. The van der Waals surface area contributed by atoms with Crippen LogP contribution in [-0.2, 0) is 11.3 Å². The van der Waals surface area contributed by atoms with E-state index < -0.39 is 5.97 Å². The molecule has 1 unspecified atom stereocenters. The van der Waals surface area contributed by atoms with Crippen molar-refractivity contribution in [2.45, 2.75) is 19.9 Å². The van der Waals surface area contributed by atoms with Crippen LogP contribution < -0.4 is 10.5 Å². The molecule has 3 rings (SSSR count). The summed E-state index contributed by atoms with van der Waals surface area (Å²) in [7, 11) is 0. The van der Waals surface area contributed by atoms with Crippen LogP contribution in [0.15, 0.2) is 42.5 Å². The molecular formula is C19H20N2O4. The van der Waals surface area contributed by atoms with E-state index in [2.05, 4.69) is 0 Å². The first-order valence-electron chi connectivity index (χ1n) is 8.10. The van der Waals surface area contributed by atoms with Crippen molar-refractivity contribution in [3.05, 3.63) is 53.6 Å². The highest BCUT2D eigenvalue weighted by atomic mass is 16.5. The fraction of sp³-hybridized carbons (Fsp3) is 0.263. The molecule has 2 aromatic carbocycles. The van der Waals surface area contributed by atoms with Gasteiger partial charge in [-0.25, -0.2) is 4.79 Å². The lowest BCUT2D eigenvalue weighted by atomic mass is 10.1. The lowest BCUT2D eigenvalue weighted by Crippen LogP contribution is -2.24. The standard InChI is InChI=1S/C19H20N2O4/c1-12-8-18(22)21(10-12)11-14-3-2-13(19(23)24)9-17(14)25-16-6-4-15(20)5-7-16/h2-7,9,12H,8,10-11,20H2,1H3,(H,23,24). The largest absolute Gasteiger partial charge is 0.478 e. The number of nitrogens with zero attached hydrogens (tertiary/aromatic N) is 1. The molecule has 25 heavy (non-hydrogen) atoms. The first-order chi connectivity index (χ1) is 11.9. The van der Waals surface area contributed by atoms with E-state index in [1.807, 2.05) is 6.92 Å². The number of hydrogen-bond acceptors (Lipinski definition) is 4. The number of carbonyl (C=O) groups excluding carboxylic acids is 1. The Labute approximate surface area is 145 Å². The van der Waals surface area contributed by atoms with Crippen molar-refractivity contribution in [3.63, 3.8) is 0 Å². The van der Waals surface area contributed by atoms with Gasteiger partial charge in [-0.15, -0.1) is 0 Å². The van der Waals surface area contributed by atoms with Gasteiger partial charge in [-0.2, -0.15) is 0 Å². The molecule has 1 aliphatic rings. The molecule has 1 aliphatic heterocycles. The van der Waals surface area contributed by atoms with Gasteiger partial charge in [0.2, 0.25) is 5.91 Å². The maximum absolute atomic E-state index is 12.0. The Bertz CT molecular complexity index is 802. The highest BCUT2D eigenvalue weighted by molar-refractivity contribution is 5.88. The minimum atomic E-state index is -1.03. The van der Waals surface area contributed by atoms with Crippen LogP contribution in [0.5, 0.6) is 11.5 Å². The molecule has 0 bridgehead atoms. The third-order valence-electron chi connectivity index (χ3n) is 4.19. The second-order valence-electron chi connectivity index (χ2n) is 6.38. The average molecular weight is 340 g/mol. The third-order valence-corrected chi connectivity index (χ3v) is 4.19. The predicted molar refractivity (Wildman–Crippen MR) is 93.5 cm³/mol. The second-order valence-corrected chi connectivity index (χ2v) is 6.38. The Balaban J connectivity index is 1.89. The number of carboxylic acid groups (broad SMARTS) is 1. The van der Waals surface area contributed by atoms with Gasteiger partial charge in [-0.3, -0.25) is 4.79 Å². The minimum Gasteiger partial charge on any atom is -0.478 e. The van der Waals surface area contributed by atoms with Crippen LogP contribution in [0.3, 0.4) is 0 Å². The normalized spacial score (nSPS) is 16.9. The zero-order valence-electron chi connectivity index (χ0n) is 13.9. The number of nitrogens with two attached hydrogens (primary N) is 1. The average Bonchev–Trinajstić information content (AvgIpc) is 2.88. The number of ether oxygens (including phenoxy) is 1. The highest BCUT2D eigenvalue weighted by Gasteiger charge is 2.27. The molecule has 1 amide bonds. The number of amides is 1. The van der Waals surface area contributed by atoms with Gasteiger partial charge >= 0.3 is 5.97 Å². The number of aromatic carboxylic acids is 1. The first-order valence-corrected chi connectivity index (χ1v) is 8.10. The molecule has 1 saturated heterocycles. The third kappa shape index (κ3) is 3.91. The van der Waals surface area contributed by atoms with E-state index >= 15 is 0 Å². The van der Waals surface area contributed by atoms with Crippen LogP contribution in [0.2, 0.25) is 0 Å². The Kier molecular flexibility index (Phi) is 4.61. The molecule has 0 saturated carbocycles. The fourth-order valence-electron chi connectivity index (χ4n) is 2.90. The van der Waals surface area contributed by atoms with Crippen molar-refractivity contribution in [1.82, 2.24) is 4.90 Å². The Hall–Kier alpha value is -3.02. The number of hydrogen-bond donors (Lipinski definition) is 2. The Morgan fingerprint density at radius 1 is 1.28 bits per heavy atom. The number of rotatable bonds is 5. The molecule has 2 aromatic rings. The van der Waals surface area contributed by atoms with E-state index in [-0.39, 0.29) is 11.5 Å². The number of carboxylic acids is 1. The highest BCUT2D eigenvalue weighted by Crippen LogP contribution is 2.30. The van der Waals surface area contributed by atoms with E-state index in [0.717, 1.165) is 5.56 Å². The van der Waals surface area contributed by atoms with E-state index in [1.165, 1.54) is 12.1 Å². The van der Waals surface area contributed by atoms with Crippen LogP contribution in [0.1, 0.15) is 29.3 Å². The summed E-state index contributed by atoms with van der Waals surface area (Å²) in [6, 6.07) is 11.6. The number of likely N-dealkylation sites (tertiary alicyclic amines) is 1. The van der Waals surface area contributed by atoms with E-state index in [4.69, 9.17) is 10.5 Å². The summed E-state index contributed by atoms with van der Waals surface area (Å²) in [6.45, 7) is 3.13. The van der Waals surface area contributed by atoms with Crippen molar-refractivity contribution >= 4 is 17.6 Å². The van der Waals surface area contributed by atoms with Gasteiger partial charge < -0.3 is 20.5 Å². The summed E-state index contributed by atoms with van der Waals surface area (Å²) in [6.07, 6.45) is 0.543. The minimum absolute atomic E-state index is 0.105. The molecule has 3 N–H and O–H groups in total. The zero-order valence-corrected chi connectivity index (χ0v) is 13.9. The SMILES string of the molecule is CC1CC(=O)N(Cc2ccc(C(=O)O)cc2Oc2ccc(N)cc2)C1. The molecule has 0 aromatic heterocycles. The lowest BCUT2D eigenvalue weighted by molar-refractivity contribution is -0.128. The molecule has 0 radical (unpaired) electrons. The van der Waals surface area contributed by atoms with Crippen LogP contribution >= 0.6 is 0 Å². The number of nitrogen functional groups attached to an aromatic ring is 1. The van der Waals surface area contributed by atoms with E-state index in [9.17, 15) is 14.7 Å². The molecular weight excluding hydrogens is 320 g/mol. The monoisotopic (exact) mass is 340 g/mol. The van der Waals surface area contributed by atoms with Crippen molar-refractivity contribution in [1.29, 1.82) is 0 Å².